The molecule has 0 aliphatic carbocycles. The van der Waals surface area contributed by atoms with E-state index >= 15 is 0 Å². The molecule has 2 aromatic carbocycles. The summed E-state index contributed by atoms with van der Waals surface area (Å²) in [7, 11) is 0. The van der Waals surface area contributed by atoms with Crippen LogP contribution in [0.3, 0.4) is 0 Å². The third-order valence-electron chi connectivity index (χ3n) is 3.18. The van der Waals surface area contributed by atoms with E-state index in [0.717, 1.165) is 22.6 Å². The second-order valence-corrected chi connectivity index (χ2v) is 5.33. The van der Waals surface area contributed by atoms with Crippen molar-refractivity contribution in [3.05, 3.63) is 59.2 Å². The van der Waals surface area contributed by atoms with E-state index in [1.54, 1.807) is 0 Å². The van der Waals surface area contributed by atoms with Gasteiger partial charge in [-0.25, -0.2) is 0 Å². The Kier molecular flexibility index (Phi) is 4.49. The number of aryl methyl sites for hydroxylation is 1. The fraction of sp³-hybridized carbons (Fsp3) is 0.294. The lowest BCUT2D eigenvalue weighted by Gasteiger charge is -2.11. The van der Waals surface area contributed by atoms with Gasteiger partial charge in [0, 0.05) is 5.88 Å². The minimum absolute atomic E-state index is 0.503. The van der Waals surface area contributed by atoms with Crippen molar-refractivity contribution in [2.24, 2.45) is 0 Å². The van der Waals surface area contributed by atoms with Crippen molar-refractivity contribution in [1.29, 1.82) is 0 Å². The number of alkyl halides is 1. The van der Waals surface area contributed by atoms with Crippen LogP contribution in [0.15, 0.2) is 42.5 Å². The quantitative estimate of drug-likeness (QED) is 0.655. The van der Waals surface area contributed by atoms with E-state index in [9.17, 15) is 0 Å². The molecule has 2 aromatic rings. The van der Waals surface area contributed by atoms with Crippen LogP contribution < -0.4 is 4.74 Å². The Morgan fingerprint density at radius 1 is 1.05 bits per heavy atom. The van der Waals surface area contributed by atoms with Crippen LogP contribution in [0.25, 0.3) is 0 Å². The van der Waals surface area contributed by atoms with Gasteiger partial charge in [0.15, 0.2) is 0 Å². The van der Waals surface area contributed by atoms with Crippen LogP contribution in [0.5, 0.6) is 11.5 Å². The first-order valence-electron chi connectivity index (χ1n) is 6.53. The SMILES string of the molecule is Cc1ccc(CCl)cc1Oc1ccc(C(C)C)cc1. The first-order chi connectivity index (χ1) is 9.10. The largest absolute Gasteiger partial charge is 0.457 e. The van der Waals surface area contributed by atoms with Gasteiger partial charge >= 0.3 is 0 Å². The predicted molar refractivity (Wildman–Crippen MR) is 81.3 cm³/mol. The maximum Gasteiger partial charge on any atom is 0.130 e. The Labute approximate surface area is 120 Å². The normalized spacial score (nSPS) is 10.8. The molecular formula is C17H19ClO. The number of ether oxygens (including phenoxy) is 1. The van der Waals surface area contributed by atoms with Crippen LogP contribution in [-0.4, -0.2) is 0 Å². The van der Waals surface area contributed by atoms with Gasteiger partial charge in [0.25, 0.3) is 0 Å². The summed E-state index contributed by atoms with van der Waals surface area (Å²) >= 11 is 5.85. The number of benzene rings is 2. The fourth-order valence-corrected chi connectivity index (χ4v) is 2.05. The molecule has 0 aromatic heterocycles. The molecule has 0 amide bonds. The zero-order chi connectivity index (χ0) is 13.8. The Balaban J connectivity index is 2.20. The third-order valence-corrected chi connectivity index (χ3v) is 3.49. The highest BCUT2D eigenvalue weighted by Crippen LogP contribution is 2.27. The van der Waals surface area contributed by atoms with E-state index in [1.807, 2.05) is 37.3 Å². The molecule has 100 valence electrons. The fourth-order valence-electron chi connectivity index (χ4n) is 1.89. The summed E-state index contributed by atoms with van der Waals surface area (Å²) in [5.41, 5.74) is 3.50. The molecular weight excluding hydrogens is 256 g/mol. The highest BCUT2D eigenvalue weighted by atomic mass is 35.5. The Hall–Kier alpha value is -1.47. The van der Waals surface area contributed by atoms with Crippen molar-refractivity contribution in [3.8, 4) is 11.5 Å². The highest BCUT2D eigenvalue weighted by molar-refractivity contribution is 6.17. The number of hydrogen-bond donors (Lipinski definition) is 0. The van der Waals surface area contributed by atoms with Gasteiger partial charge < -0.3 is 4.74 Å². The molecule has 0 aliphatic heterocycles. The summed E-state index contributed by atoms with van der Waals surface area (Å²) in [6, 6.07) is 14.3. The zero-order valence-corrected chi connectivity index (χ0v) is 12.4. The van der Waals surface area contributed by atoms with Crippen LogP contribution in [0.4, 0.5) is 0 Å². The van der Waals surface area contributed by atoms with E-state index < -0.39 is 0 Å². The van der Waals surface area contributed by atoms with Crippen molar-refractivity contribution < 1.29 is 4.74 Å². The summed E-state index contributed by atoms with van der Waals surface area (Å²) in [4.78, 5) is 0. The average Bonchev–Trinajstić information content (AvgIpc) is 2.42. The molecule has 0 fully saturated rings. The lowest BCUT2D eigenvalue weighted by Crippen LogP contribution is -1.91. The van der Waals surface area contributed by atoms with Gasteiger partial charge in [-0.05, 0) is 47.7 Å². The van der Waals surface area contributed by atoms with Crippen molar-refractivity contribution in [2.45, 2.75) is 32.6 Å². The molecule has 0 aliphatic rings. The van der Waals surface area contributed by atoms with Crippen molar-refractivity contribution in [1.82, 2.24) is 0 Å². The Morgan fingerprint density at radius 3 is 2.32 bits per heavy atom. The molecule has 0 unspecified atom stereocenters. The molecule has 0 N–H and O–H groups in total. The molecule has 2 rings (SSSR count). The maximum absolute atomic E-state index is 5.93. The van der Waals surface area contributed by atoms with Crippen LogP contribution in [0, 0.1) is 6.92 Å². The molecule has 0 radical (unpaired) electrons. The first kappa shape index (κ1) is 14.0. The van der Waals surface area contributed by atoms with Crippen molar-refractivity contribution in [3.63, 3.8) is 0 Å². The standard InChI is InChI=1S/C17H19ClO/c1-12(2)15-6-8-16(9-7-15)19-17-10-14(11-18)5-4-13(17)3/h4-10,12H,11H2,1-3H3. The van der Waals surface area contributed by atoms with E-state index in [0.29, 0.717) is 11.8 Å². The molecule has 19 heavy (non-hydrogen) atoms. The summed E-state index contributed by atoms with van der Waals surface area (Å²) < 4.78 is 5.93. The van der Waals surface area contributed by atoms with Crippen molar-refractivity contribution in [2.75, 3.05) is 0 Å². The van der Waals surface area contributed by atoms with Gasteiger partial charge in [0.2, 0.25) is 0 Å². The molecule has 1 nitrogen and oxygen atoms in total. The summed E-state index contributed by atoms with van der Waals surface area (Å²) in [5.74, 6) is 2.77. The summed E-state index contributed by atoms with van der Waals surface area (Å²) in [6.45, 7) is 6.41. The number of halogens is 1. The molecule has 0 saturated heterocycles. The summed E-state index contributed by atoms with van der Waals surface area (Å²) in [5, 5.41) is 0. The first-order valence-corrected chi connectivity index (χ1v) is 7.07. The van der Waals surface area contributed by atoms with Crippen LogP contribution in [0.1, 0.15) is 36.5 Å². The Bertz CT molecular complexity index is 544. The molecule has 0 atom stereocenters. The lowest BCUT2D eigenvalue weighted by atomic mass is 10.0. The van der Waals surface area contributed by atoms with E-state index in [-0.39, 0.29) is 0 Å². The van der Waals surface area contributed by atoms with E-state index in [1.165, 1.54) is 5.56 Å². The Morgan fingerprint density at radius 2 is 1.74 bits per heavy atom. The van der Waals surface area contributed by atoms with Gasteiger partial charge in [-0.2, -0.15) is 0 Å². The average molecular weight is 275 g/mol. The molecule has 0 heterocycles. The van der Waals surface area contributed by atoms with Gasteiger partial charge in [-0.15, -0.1) is 11.6 Å². The number of rotatable bonds is 4. The monoisotopic (exact) mass is 274 g/mol. The van der Waals surface area contributed by atoms with E-state index in [4.69, 9.17) is 16.3 Å². The van der Waals surface area contributed by atoms with Gasteiger partial charge in [0.05, 0.1) is 0 Å². The van der Waals surface area contributed by atoms with Crippen LogP contribution >= 0.6 is 11.6 Å². The van der Waals surface area contributed by atoms with Crippen molar-refractivity contribution >= 4 is 11.6 Å². The highest BCUT2D eigenvalue weighted by Gasteiger charge is 2.04. The maximum atomic E-state index is 5.93. The second kappa shape index (κ2) is 6.12. The zero-order valence-electron chi connectivity index (χ0n) is 11.6. The predicted octanol–water partition coefficient (Wildman–Crippen LogP) is 5.65. The van der Waals surface area contributed by atoms with Crippen LogP contribution in [0.2, 0.25) is 0 Å². The van der Waals surface area contributed by atoms with Gasteiger partial charge in [0.1, 0.15) is 11.5 Å². The number of hydrogen-bond acceptors (Lipinski definition) is 1. The molecule has 0 bridgehead atoms. The topological polar surface area (TPSA) is 9.23 Å². The smallest absolute Gasteiger partial charge is 0.130 e. The third kappa shape index (κ3) is 3.51. The molecule has 0 saturated carbocycles. The van der Waals surface area contributed by atoms with Gasteiger partial charge in [-0.1, -0.05) is 38.1 Å². The van der Waals surface area contributed by atoms with Crippen LogP contribution in [-0.2, 0) is 5.88 Å². The summed E-state index contributed by atoms with van der Waals surface area (Å²) in [6.07, 6.45) is 0. The minimum Gasteiger partial charge on any atom is -0.457 e. The molecule has 0 spiro atoms. The van der Waals surface area contributed by atoms with E-state index in [2.05, 4.69) is 26.0 Å². The minimum atomic E-state index is 0.503. The van der Waals surface area contributed by atoms with Gasteiger partial charge in [-0.3, -0.25) is 0 Å². The second-order valence-electron chi connectivity index (χ2n) is 5.06. The molecule has 2 heteroatoms. The lowest BCUT2D eigenvalue weighted by molar-refractivity contribution is 0.478.